The molecule has 170 valence electrons. The molecule has 0 spiro atoms. The molecule has 9 nitrogen and oxygen atoms in total. The number of nitrogens with two attached hydrogens (primary N) is 1. The Balaban J connectivity index is 1.41. The van der Waals surface area contributed by atoms with Gasteiger partial charge in [0.25, 0.3) is 0 Å². The number of rotatable bonds is 5. The van der Waals surface area contributed by atoms with Crippen molar-refractivity contribution in [3.05, 3.63) is 72.6 Å². The molecule has 0 aliphatic carbocycles. The van der Waals surface area contributed by atoms with Gasteiger partial charge >= 0.3 is 0 Å². The Labute approximate surface area is 196 Å². The van der Waals surface area contributed by atoms with E-state index in [1.165, 1.54) is 0 Å². The van der Waals surface area contributed by atoms with Crippen molar-refractivity contribution in [1.29, 1.82) is 5.26 Å². The maximum absolute atomic E-state index is 11.3. The van der Waals surface area contributed by atoms with Crippen LogP contribution in [-0.2, 0) is 11.8 Å². The smallest absolute Gasteiger partial charge is 0.250 e. The van der Waals surface area contributed by atoms with Crippen LogP contribution in [0, 0.1) is 11.3 Å². The molecule has 0 bridgehead atoms. The Morgan fingerprint density at radius 3 is 2.56 bits per heavy atom. The molecular formula is C25H24N8O. The first-order chi connectivity index (χ1) is 16.4. The van der Waals surface area contributed by atoms with Crippen LogP contribution in [0.5, 0.6) is 0 Å². The predicted octanol–water partition coefficient (Wildman–Crippen LogP) is 2.88. The predicted molar refractivity (Wildman–Crippen MR) is 129 cm³/mol. The first-order valence-corrected chi connectivity index (χ1v) is 11.0. The molecule has 0 aromatic carbocycles. The molecule has 1 fully saturated rings. The largest absolute Gasteiger partial charge is 0.370 e. The number of hydrogen-bond acceptors (Lipinski definition) is 6. The van der Waals surface area contributed by atoms with Crippen LogP contribution in [0.4, 0.5) is 5.69 Å². The Kier molecular flexibility index (Phi) is 5.34. The summed E-state index contributed by atoms with van der Waals surface area (Å²) in [6.07, 6.45) is 11.0. The number of aromatic nitrogens is 5. The highest BCUT2D eigenvalue weighted by Gasteiger charge is 2.25. The maximum Gasteiger partial charge on any atom is 0.250 e. The lowest BCUT2D eigenvalue weighted by atomic mass is 9.87. The number of amides is 1. The number of carbonyl (C=O) groups is 1. The van der Waals surface area contributed by atoms with Crippen LogP contribution in [-0.4, -0.2) is 43.4 Å². The fourth-order valence-electron chi connectivity index (χ4n) is 4.60. The van der Waals surface area contributed by atoms with Gasteiger partial charge in [-0.25, -0.2) is 4.52 Å². The average molecular weight is 453 g/mol. The molecule has 0 unspecified atom stereocenters. The van der Waals surface area contributed by atoms with Crippen molar-refractivity contribution in [2.45, 2.75) is 18.8 Å². The van der Waals surface area contributed by atoms with Crippen LogP contribution < -0.4 is 10.6 Å². The van der Waals surface area contributed by atoms with Crippen molar-refractivity contribution < 1.29 is 4.79 Å². The topological polar surface area (TPSA) is 118 Å². The van der Waals surface area contributed by atoms with Crippen molar-refractivity contribution in [2.24, 2.45) is 12.8 Å². The summed E-state index contributed by atoms with van der Waals surface area (Å²) in [5, 5.41) is 18.4. The van der Waals surface area contributed by atoms with Gasteiger partial charge in [-0.3, -0.25) is 14.5 Å². The first-order valence-electron chi connectivity index (χ1n) is 11.0. The van der Waals surface area contributed by atoms with E-state index in [1.807, 2.05) is 36.2 Å². The number of nitrogens with zero attached hydrogens (tertiary/aromatic N) is 7. The number of hydrogen-bond donors (Lipinski definition) is 1. The number of aryl methyl sites for hydroxylation is 1. The van der Waals surface area contributed by atoms with E-state index in [0.29, 0.717) is 17.2 Å². The molecule has 5 heterocycles. The Morgan fingerprint density at radius 1 is 1.15 bits per heavy atom. The molecule has 1 amide bonds. The second kappa shape index (κ2) is 8.48. The quantitative estimate of drug-likeness (QED) is 0.465. The van der Waals surface area contributed by atoms with Gasteiger partial charge in [0, 0.05) is 43.7 Å². The average Bonchev–Trinajstić information content (AvgIpc) is 3.49. The molecule has 9 heteroatoms. The van der Waals surface area contributed by atoms with Gasteiger partial charge in [0.1, 0.15) is 6.07 Å². The van der Waals surface area contributed by atoms with E-state index in [0.717, 1.165) is 53.8 Å². The number of piperidine rings is 1. The molecule has 0 atom stereocenters. The summed E-state index contributed by atoms with van der Waals surface area (Å²) in [6.45, 7) is 5.39. The molecule has 1 aliphatic rings. The third-order valence-corrected chi connectivity index (χ3v) is 6.45. The summed E-state index contributed by atoms with van der Waals surface area (Å²) in [6, 6.07) is 8.20. The Bertz CT molecular complexity index is 1430. The standard InChI is InChI=1S/C25H24N8O/c1-16(25(27)34)23-4-3-21(13-28-23)32-7-5-17(6-8-32)22-9-18(20-12-29-31(2)14-20)15-33-24(22)19(10-26)11-30-33/h3-4,9,11-15,17H,1,5-8H2,2H3,(H2,27,34). The summed E-state index contributed by atoms with van der Waals surface area (Å²) < 4.78 is 3.59. The van der Waals surface area contributed by atoms with Crippen LogP contribution in [0.2, 0.25) is 0 Å². The first kappa shape index (κ1) is 21.4. The second-order valence-electron chi connectivity index (χ2n) is 8.56. The van der Waals surface area contributed by atoms with Gasteiger partial charge in [-0.05, 0) is 42.5 Å². The van der Waals surface area contributed by atoms with Gasteiger partial charge < -0.3 is 10.6 Å². The van der Waals surface area contributed by atoms with Crippen LogP contribution in [0.15, 0.2) is 55.8 Å². The monoisotopic (exact) mass is 452 g/mol. The van der Waals surface area contributed by atoms with Crippen molar-refractivity contribution in [1.82, 2.24) is 24.4 Å². The lowest BCUT2D eigenvalue weighted by Crippen LogP contribution is -2.33. The summed E-state index contributed by atoms with van der Waals surface area (Å²) >= 11 is 0. The van der Waals surface area contributed by atoms with Gasteiger partial charge in [0.15, 0.2) is 0 Å². The van der Waals surface area contributed by atoms with Gasteiger partial charge in [0.2, 0.25) is 5.91 Å². The highest BCUT2D eigenvalue weighted by Crippen LogP contribution is 2.36. The summed E-state index contributed by atoms with van der Waals surface area (Å²) in [5.41, 5.74) is 11.6. The van der Waals surface area contributed by atoms with E-state index in [1.54, 1.807) is 23.1 Å². The SMILES string of the molecule is C=C(C(N)=O)c1ccc(N2CCC(c3cc(-c4cnn(C)c4)cn4ncc(C#N)c34)CC2)cn1. The van der Waals surface area contributed by atoms with Crippen LogP contribution in [0.25, 0.3) is 22.2 Å². The molecule has 5 rings (SSSR count). The molecule has 0 radical (unpaired) electrons. The van der Waals surface area contributed by atoms with Crippen LogP contribution in [0.1, 0.15) is 35.6 Å². The normalized spacial score (nSPS) is 14.3. The molecular weight excluding hydrogens is 428 g/mol. The van der Waals surface area contributed by atoms with E-state index >= 15 is 0 Å². The van der Waals surface area contributed by atoms with Crippen molar-refractivity contribution in [3.63, 3.8) is 0 Å². The van der Waals surface area contributed by atoms with E-state index in [9.17, 15) is 10.1 Å². The van der Waals surface area contributed by atoms with Crippen molar-refractivity contribution in [2.75, 3.05) is 18.0 Å². The number of pyridine rings is 2. The minimum Gasteiger partial charge on any atom is -0.370 e. The molecule has 2 N–H and O–H groups in total. The van der Waals surface area contributed by atoms with Gasteiger partial charge in [0.05, 0.1) is 46.6 Å². The number of primary amides is 1. The molecule has 4 aromatic rings. The maximum atomic E-state index is 11.3. The third-order valence-electron chi connectivity index (χ3n) is 6.45. The lowest BCUT2D eigenvalue weighted by Gasteiger charge is -2.34. The fourth-order valence-corrected chi connectivity index (χ4v) is 4.60. The molecule has 0 saturated carbocycles. The van der Waals surface area contributed by atoms with Gasteiger partial charge in [-0.15, -0.1) is 0 Å². The summed E-state index contributed by atoms with van der Waals surface area (Å²) in [4.78, 5) is 18.0. The molecule has 4 aromatic heterocycles. The second-order valence-corrected chi connectivity index (χ2v) is 8.56. The van der Waals surface area contributed by atoms with Gasteiger partial charge in [-0.1, -0.05) is 6.58 Å². The molecule has 34 heavy (non-hydrogen) atoms. The minimum atomic E-state index is -0.572. The van der Waals surface area contributed by atoms with Crippen molar-refractivity contribution >= 4 is 22.7 Å². The highest BCUT2D eigenvalue weighted by molar-refractivity contribution is 6.17. The van der Waals surface area contributed by atoms with E-state index in [-0.39, 0.29) is 5.57 Å². The minimum absolute atomic E-state index is 0.205. The van der Waals surface area contributed by atoms with E-state index < -0.39 is 5.91 Å². The molecule has 1 saturated heterocycles. The van der Waals surface area contributed by atoms with Gasteiger partial charge in [-0.2, -0.15) is 15.5 Å². The highest BCUT2D eigenvalue weighted by atomic mass is 16.1. The Hall–Kier alpha value is -4.45. The lowest BCUT2D eigenvalue weighted by molar-refractivity contribution is -0.112. The van der Waals surface area contributed by atoms with Crippen molar-refractivity contribution in [3.8, 4) is 17.2 Å². The fraction of sp³-hybridized carbons (Fsp3) is 0.240. The zero-order valence-corrected chi connectivity index (χ0v) is 18.8. The summed E-state index contributed by atoms with van der Waals surface area (Å²) in [7, 11) is 1.89. The van der Waals surface area contributed by atoms with E-state index in [2.05, 4.69) is 38.8 Å². The number of fused-ring (bicyclic) bond motifs is 1. The Morgan fingerprint density at radius 2 is 1.94 bits per heavy atom. The zero-order chi connectivity index (χ0) is 23.8. The summed E-state index contributed by atoms with van der Waals surface area (Å²) in [5.74, 6) is -0.279. The third kappa shape index (κ3) is 3.79. The molecule has 1 aliphatic heterocycles. The number of anilines is 1. The van der Waals surface area contributed by atoms with E-state index in [4.69, 9.17) is 5.73 Å². The van der Waals surface area contributed by atoms with Crippen LogP contribution in [0.3, 0.4) is 0 Å². The number of nitriles is 1. The number of carbonyl (C=O) groups excluding carboxylic acids is 1. The van der Waals surface area contributed by atoms with Crippen LogP contribution >= 0.6 is 0 Å². The zero-order valence-electron chi connectivity index (χ0n) is 18.8.